The van der Waals surface area contributed by atoms with Gasteiger partial charge in [-0.05, 0) is 19.8 Å². The molecule has 2 heterocycles. The molecule has 1 aliphatic rings. The molecule has 7 heteroatoms. The third-order valence-electron chi connectivity index (χ3n) is 3.07. The van der Waals surface area contributed by atoms with E-state index in [-0.39, 0.29) is 17.5 Å². The molecule has 1 fully saturated rings. The fourth-order valence-electron chi connectivity index (χ4n) is 2.01. The average molecular weight is 258 g/mol. The quantitative estimate of drug-likeness (QED) is 0.719. The number of hydrogen-bond donors (Lipinski definition) is 2. The number of H-pyrrole nitrogens is 1. The van der Waals surface area contributed by atoms with Crippen LogP contribution in [-0.2, 0) is 10.8 Å². The van der Waals surface area contributed by atoms with Gasteiger partial charge in [0.05, 0.1) is 5.56 Å². The second-order valence-electron chi connectivity index (χ2n) is 4.16. The standard InChI is InChI=1S/C10H14N2O4S/c1-6-8(13)11-10(15)12(9(6)14)7-2-4-17(16)5-3-7/h7,14H,2-5H2,1H3,(H,11,13,15). The van der Waals surface area contributed by atoms with E-state index in [1.165, 1.54) is 11.5 Å². The summed E-state index contributed by atoms with van der Waals surface area (Å²) in [4.78, 5) is 25.1. The summed E-state index contributed by atoms with van der Waals surface area (Å²) in [7, 11) is -0.827. The smallest absolute Gasteiger partial charge is 0.331 e. The molecule has 0 aromatic carbocycles. The fraction of sp³-hybridized carbons (Fsp3) is 0.600. The second kappa shape index (κ2) is 4.48. The van der Waals surface area contributed by atoms with Gasteiger partial charge in [0.1, 0.15) is 0 Å². The molecule has 0 saturated carbocycles. The van der Waals surface area contributed by atoms with E-state index in [2.05, 4.69) is 4.98 Å². The lowest BCUT2D eigenvalue weighted by atomic mass is 10.1. The number of aromatic hydroxyl groups is 1. The molecule has 0 atom stereocenters. The van der Waals surface area contributed by atoms with Crippen molar-refractivity contribution in [2.24, 2.45) is 0 Å². The van der Waals surface area contributed by atoms with Crippen molar-refractivity contribution in [3.05, 3.63) is 26.4 Å². The predicted molar refractivity (Wildman–Crippen MR) is 63.9 cm³/mol. The lowest BCUT2D eigenvalue weighted by molar-refractivity contribution is 0.343. The topological polar surface area (TPSA) is 92.2 Å². The molecule has 2 N–H and O–H groups in total. The Balaban J connectivity index is 2.46. The summed E-state index contributed by atoms with van der Waals surface area (Å²) in [6.07, 6.45) is 1.15. The zero-order valence-corrected chi connectivity index (χ0v) is 10.2. The Kier molecular flexibility index (Phi) is 3.19. The Hall–Kier alpha value is -1.37. The lowest BCUT2D eigenvalue weighted by Crippen LogP contribution is -2.36. The molecule has 2 rings (SSSR count). The number of aromatic amines is 1. The molecule has 0 bridgehead atoms. The molecule has 6 nitrogen and oxygen atoms in total. The minimum absolute atomic E-state index is 0.135. The van der Waals surface area contributed by atoms with Crippen molar-refractivity contribution >= 4 is 10.8 Å². The molecule has 17 heavy (non-hydrogen) atoms. The van der Waals surface area contributed by atoms with Crippen LogP contribution in [0.3, 0.4) is 0 Å². The number of nitrogens with one attached hydrogen (secondary N) is 1. The first-order chi connectivity index (χ1) is 8.00. The highest BCUT2D eigenvalue weighted by Gasteiger charge is 2.23. The molecule has 0 unspecified atom stereocenters. The summed E-state index contributed by atoms with van der Waals surface area (Å²) < 4.78 is 12.4. The number of rotatable bonds is 1. The molecule has 1 aromatic rings. The molecular formula is C10H14N2O4S. The summed E-state index contributed by atoms with van der Waals surface area (Å²) >= 11 is 0. The van der Waals surface area contributed by atoms with Crippen molar-refractivity contribution in [1.82, 2.24) is 9.55 Å². The van der Waals surface area contributed by atoms with Gasteiger partial charge in [0.2, 0.25) is 5.88 Å². The van der Waals surface area contributed by atoms with Gasteiger partial charge in [-0.1, -0.05) is 0 Å². The van der Waals surface area contributed by atoms with E-state index < -0.39 is 22.0 Å². The van der Waals surface area contributed by atoms with E-state index in [4.69, 9.17) is 0 Å². The third kappa shape index (κ3) is 2.19. The van der Waals surface area contributed by atoms with E-state index >= 15 is 0 Å². The van der Waals surface area contributed by atoms with Gasteiger partial charge in [-0.2, -0.15) is 0 Å². The molecule has 0 aliphatic carbocycles. The van der Waals surface area contributed by atoms with E-state index in [0.29, 0.717) is 24.3 Å². The first-order valence-electron chi connectivity index (χ1n) is 5.40. The summed E-state index contributed by atoms with van der Waals surface area (Å²) in [5.74, 6) is 0.764. The molecule has 94 valence electrons. The SMILES string of the molecule is Cc1c(O)n(C2CCS(=O)CC2)c(=O)[nH]c1=O. The van der Waals surface area contributed by atoms with E-state index in [9.17, 15) is 18.9 Å². The van der Waals surface area contributed by atoms with Crippen LogP contribution in [0.15, 0.2) is 9.59 Å². The Labute approximate surface area is 99.8 Å². The van der Waals surface area contributed by atoms with Crippen molar-refractivity contribution in [3.8, 4) is 5.88 Å². The molecule has 0 amide bonds. The Morgan fingerprint density at radius 2 is 1.94 bits per heavy atom. The summed E-state index contributed by atoms with van der Waals surface area (Å²) in [6.45, 7) is 1.46. The third-order valence-corrected chi connectivity index (χ3v) is 4.45. The Morgan fingerprint density at radius 1 is 1.35 bits per heavy atom. The van der Waals surface area contributed by atoms with Crippen molar-refractivity contribution in [2.45, 2.75) is 25.8 Å². The number of aromatic nitrogens is 2. The molecule has 1 aromatic heterocycles. The van der Waals surface area contributed by atoms with Gasteiger partial charge in [-0.3, -0.25) is 18.6 Å². The van der Waals surface area contributed by atoms with Crippen molar-refractivity contribution in [3.63, 3.8) is 0 Å². The molecule has 0 radical (unpaired) electrons. The van der Waals surface area contributed by atoms with Gasteiger partial charge in [0, 0.05) is 28.3 Å². The molecule has 1 saturated heterocycles. The highest BCUT2D eigenvalue weighted by atomic mass is 32.2. The average Bonchev–Trinajstić information content (AvgIpc) is 2.29. The maximum Gasteiger partial charge on any atom is 0.331 e. The van der Waals surface area contributed by atoms with Crippen molar-refractivity contribution < 1.29 is 9.32 Å². The van der Waals surface area contributed by atoms with Crippen LogP contribution < -0.4 is 11.2 Å². The largest absolute Gasteiger partial charge is 0.494 e. The van der Waals surface area contributed by atoms with E-state index in [0.717, 1.165) is 0 Å². The summed E-state index contributed by atoms with van der Waals surface area (Å²) in [5, 5.41) is 9.84. The predicted octanol–water partition coefficient (Wildman–Crippen LogP) is -0.366. The second-order valence-corrected chi connectivity index (χ2v) is 5.85. The monoisotopic (exact) mass is 258 g/mol. The van der Waals surface area contributed by atoms with E-state index in [1.54, 1.807) is 0 Å². The van der Waals surface area contributed by atoms with Gasteiger partial charge >= 0.3 is 5.69 Å². The van der Waals surface area contributed by atoms with E-state index in [1.807, 2.05) is 0 Å². The number of hydrogen-bond acceptors (Lipinski definition) is 4. The molecule has 0 spiro atoms. The molecular weight excluding hydrogens is 244 g/mol. The summed E-state index contributed by atoms with van der Waals surface area (Å²) in [6, 6.07) is -0.184. The zero-order valence-electron chi connectivity index (χ0n) is 9.43. The van der Waals surface area contributed by atoms with Gasteiger partial charge in [0.15, 0.2) is 0 Å². The van der Waals surface area contributed by atoms with Crippen LogP contribution in [0.25, 0.3) is 0 Å². The maximum absolute atomic E-state index is 11.7. The normalized spacial score (nSPS) is 24.8. The van der Waals surface area contributed by atoms with Gasteiger partial charge in [0.25, 0.3) is 5.56 Å². The van der Waals surface area contributed by atoms with Crippen LogP contribution >= 0.6 is 0 Å². The van der Waals surface area contributed by atoms with Gasteiger partial charge in [-0.25, -0.2) is 4.79 Å². The van der Waals surface area contributed by atoms with Crippen LogP contribution in [-0.4, -0.2) is 30.4 Å². The van der Waals surface area contributed by atoms with Crippen LogP contribution in [0.5, 0.6) is 5.88 Å². The highest BCUT2D eigenvalue weighted by Crippen LogP contribution is 2.24. The van der Waals surface area contributed by atoms with Crippen LogP contribution in [0.2, 0.25) is 0 Å². The Morgan fingerprint density at radius 3 is 2.53 bits per heavy atom. The van der Waals surface area contributed by atoms with Crippen LogP contribution in [0, 0.1) is 6.92 Å². The minimum atomic E-state index is -0.827. The number of nitrogens with zero attached hydrogens (tertiary/aromatic N) is 1. The minimum Gasteiger partial charge on any atom is -0.494 e. The van der Waals surface area contributed by atoms with Crippen molar-refractivity contribution in [2.75, 3.05) is 11.5 Å². The first kappa shape index (κ1) is 12.1. The van der Waals surface area contributed by atoms with Crippen LogP contribution in [0.4, 0.5) is 0 Å². The van der Waals surface area contributed by atoms with Crippen LogP contribution in [0.1, 0.15) is 24.4 Å². The lowest BCUT2D eigenvalue weighted by Gasteiger charge is -2.24. The highest BCUT2D eigenvalue weighted by molar-refractivity contribution is 7.85. The first-order valence-corrected chi connectivity index (χ1v) is 6.89. The summed E-state index contributed by atoms with van der Waals surface area (Å²) in [5.41, 5.74) is -1.03. The zero-order chi connectivity index (χ0) is 12.6. The fourth-order valence-corrected chi connectivity index (χ4v) is 3.28. The van der Waals surface area contributed by atoms with Gasteiger partial charge < -0.3 is 5.11 Å². The van der Waals surface area contributed by atoms with Crippen molar-refractivity contribution in [1.29, 1.82) is 0 Å². The molecule has 1 aliphatic heterocycles. The maximum atomic E-state index is 11.7. The van der Waals surface area contributed by atoms with Gasteiger partial charge in [-0.15, -0.1) is 0 Å². The Bertz CT molecular complexity index is 565.